The molecule has 1 aromatic rings. The molecule has 0 amide bonds. The van der Waals surface area contributed by atoms with Crippen molar-refractivity contribution in [2.45, 2.75) is 19.1 Å². The van der Waals surface area contributed by atoms with E-state index in [2.05, 4.69) is 0 Å². The fourth-order valence-corrected chi connectivity index (χ4v) is 1.44. The molecule has 0 aliphatic rings. The second-order valence-corrected chi connectivity index (χ2v) is 3.72. The Labute approximate surface area is 85.2 Å². The summed E-state index contributed by atoms with van der Waals surface area (Å²) >= 11 is 0. The number of hydrogen-bond donors (Lipinski definition) is 2. The van der Waals surface area contributed by atoms with Gasteiger partial charge in [0.1, 0.15) is 0 Å². The monoisotopic (exact) mass is 194 g/mol. The van der Waals surface area contributed by atoms with Crippen LogP contribution in [0.4, 0.5) is 5.69 Å². The number of rotatable bonds is 3. The first kappa shape index (κ1) is 11.0. The molecule has 78 valence electrons. The van der Waals surface area contributed by atoms with Crippen LogP contribution in [-0.4, -0.2) is 25.3 Å². The third-order valence-electron chi connectivity index (χ3n) is 2.30. The molecule has 3 N–H and O–H groups in total. The molecule has 0 bridgehead atoms. The lowest BCUT2D eigenvalue weighted by Crippen LogP contribution is -2.25. The maximum atomic E-state index is 9.44. The van der Waals surface area contributed by atoms with Gasteiger partial charge in [0.2, 0.25) is 0 Å². The Morgan fingerprint density at radius 1 is 1.29 bits per heavy atom. The average Bonchev–Trinajstić information content (AvgIpc) is 2.16. The second-order valence-electron chi connectivity index (χ2n) is 3.72. The smallest absolute Gasteiger partial charge is 0.0705 e. The van der Waals surface area contributed by atoms with Gasteiger partial charge in [-0.1, -0.05) is 18.2 Å². The standard InChI is InChI=1S/C11H18N2O/c1-8(14)11(12)9-6-4-5-7-10(9)13(2)3/h4-8,11,14H,12H2,1-3H3/t8?,11-/m1/s1. The lowest BCUT2D eigenvalue weighted by atomic mass is 10.0. The summed E-state index contributed by atoms with van der Waals surface area (Å²) in [6, 6.07) is 7.52. The van der Waals surface area contributed by atoms with E-state index in [1.807, 2.05) is 43.3 Å². The van der Waals surface area contributed by atoms with Crippen LogP contribution in [-0.2, 0) is 0 Å². The first-order valence-electron chi connectivity index (χ1n) is 4.74. The molecule has 0 heterocycles. The molecule has 0 aliphatic heterocycles. The Morgan fingerprint density at radius 3 is 2.36 bits per heavy atom. The fraction of sp³-hybridized carbons (Fsp3) is 0.455. The number of nitrogens with two attached hydrogens (primary N) is 1. The van der Waals surface area contributed by atoms with Gasteiger partial charge < -0.3 is 15.7 Å². The minimum atomic E-state index is -0.531. The molecule has 3 heteroatoms. The van der Waals surface area contributed by atoms with E-state index in [0.29, 0.717) is 0 Å². The zero-order valence-electron chi connectivity index (χ0n) is 8.94. The highest BCUT2D eigenvalue weighted by atomic mass is 16.3. The van der Waals surface area contributed by atoms with Crippen LogP contribution in [0.25, 0.3) is 0 Å². The van der Waals surface area contributed by atoms with E-state index in [4.69, 9.17) is 5.73 Å². The largest absolute Gasteiger partial charge is 0.391 e. The molecule has 14 heavy (non-hydrogen) atoms. The average molecular weight is 194 g/mol. The second kappa shape index (κ2) is 4.44. The van der Waals surface area contributed by atoms with Crippen LogP contribution in [0.3, 0.4) is 0 Å². The topological polar surface area (TPSA) is 49.5 Å². The predicted octanol–water partition coefficient (Wildman–Crippen LogP) is 1.13. The van der Waals surface area contributed by atoms with Crippen LogP contribution < -0.4 is 10.6 Å². The summed E-state index contributed by atoms with van der Waals surface area (Å²) in [5, 5.41) is 9.44. The summed E-state index contributed by atoms with van der Waals surface area (Å²) in [4.78, 5) is 2.00. The van der Waals surface area contributed by atoms with E-state index >= 15 is 0 Å². The molecule has 0 radical (unpaired) electrons. The molecular weight excluding hydrogens is 176 g/mol. The molecule has 0 aromatic heterocycles. The first-order valence-corrected chi connectivity index (χ1v) is 4.74. The number of hydrogen-bond acceptors (Lipinski definition) is 3. The Morgan fingerprint density at radius 2 is 1.86 bits per heavy atom. The van der Waals surface area contributed by atoms with Gasteiger partial charge in [-0.3, -0.25) is 0 Å². The summed E-state index contributed by atoms with van der Waals surface area (Å²) in [7, 11) is 3.93. The number of anilines is 1. The van der Waals surface area contributed by atoms with Gasteiger partial charge in [0.15, 0.2) is 0 Å². The molecule has 0 spiro atoms. The van der Waals surface area contributed by atoms with Crippen molar-refractivity contribution in [1.82, 2.24) is 0 Å². The Kier molecular flexibility index (Phi) is 3.49. The van der Waals surface area contributed by atoms with Gasteiger partial charge in [-0.25, -0.2) is 0 Å². The maximum absolute atomic E-state index is 9.44. The van der Waals surface area contributed by atoms with E-state index in [0.717, 1.165) is 11.3 Å². The summed E-state index contributed by atoms with van der Waals surface area (Å²) in [6.45, 7) is 1.71. The quantitative estimate of drug-likeness (QED) is 0.758. The molecule has 1 unspecified atom stereocenters. The summed E-state index contributed by atoms with van der Waals surface area (Å²) < 4.78 is 0. The lowest BCUT2D eigenvalue weighted by Gasteiger charge is -2.22. The predicted molar refractivity (Wildman–Crippen MR) is 59.4 cm³/mol. The third-order valence-corrected chi connectivity index (χ3v) is 2.30. The normalized spacial score (nSPS) is 14.9. The Hall–Kier alpha value is -1.06. The zero-order valence-corrected chi connectivity index (χ0v) is 8.94. The number of aliphatic hydroxyl groups excluding tert-OH is 1. The molecule has 0 saturated carbocycles. The summed E-state index contributed by atoms with van der Waals surface area (Å²) in [5.74, 6) is 0. The van der Waals surface area contributed by atoms with Crippen LogP contribution in [0.2, 0.25) is 0 Å². The van der Waals surface area contributed by atoms with Crippen molar-refractivity contribution in [3.05, 3.63) is 29.8 Å². The summed E-state index contributed by atoms with van der Waals surface area (Å²) in [5.41, 5.74) is 7.94. The van der Waals surface area contributed by atoms with Crippen LogP contribution >= 0.6 is 0 Å². The van der Waals surface area contributed by atoms with Crippen LogP contribution in [0, 0.1) is 0 Å². The van der Waals surface area contributed by atoms with Gasteiger partial charge in [-0.2, -0.15) is 0 Å². The Bertz CT molecular complexity index is 297. The van der Waals surface area contributed by atoms with Crippen molar-refractivity contribution in [3.8, 4) is 0 Å². The van der Waals surface area contributed by atoms with Crippen molar-refractivity contribution >= 4 is 5.69 Å². The Balaban J connectivity index is 3.06. The van der Waals surface area contributed by atoms with E-state index in [9.17, 15) is 5.11 Å². The minimum absolute atomic E-state index is 0.325. The van der Waals surface area contributed by atoms with Crippen LogP contribution in [0.15, 0.2) is 24.3 Å². The van der Waals surface area contributed by atoms with Gasteiger partial charge in [0.05, 0.1) is 12.1 Å². The third kappa shape index (κ3) is 2.25. The van der Waals surface area contributed by atoms with Gasteiger partial charge >= 0.3 is 0 Å². The molecule has 3 nitrogen and oxygen atoms in total. The molecular formula is C11H18N2O. The van der Waals surface area contributed by atoms with Crippen molar-refractivity contribution in [2.75, 3.05) is 19.0 Å². The fourth-order valence-electron chi connectivity index (χ4n) is 1.44. The van der Waals surface area contributed by atoms with Crippen LogP contribution in [0.5, 0.6) is 0 Å². The van der Waals surface area contributed by atoms with Crippen molar-refractivity contribution in [1.29, 1.82) is 0 Å². The number of benzene rings is 1. The highest BCUT2D eigenvalue weighted by Crippen LogP contribution is 2.25. The first-order chi connectivity index (χ1) is 6.54. The molecule has 0 aliphatic carbocycles. The van der Waals surface area contributed by atoms with Crippen molar-refractivity contribution < 1.29 is 5.11 Å². The SMILES string of the molecule is CC(O)[C@@H](N)c1ccccc1N(C)C. The highest BCUT2D eigenvalue weighted by molar-refractivity contribution is 5.54. The van der Waals surface area contributed by atoms with E-state index < -0.39 is 6.10 Å². The molecule has 1 rings (SSSR count). The van der Waals surface area contributed by atoms with E-state index in [1.165, 1.54) is 0 Å². The molecule has 0 saturated heterocycles. The maximum Gasteiger partial charge on any atom is 0.0705 e. The highest BCUT2D eigenvalue weighted by Gasteiger charge is 2.15. The van der Waals surface area contributed by atoms with Crippen LogP contribution in [0.1, 0.15) is 18.5 Å². The zero-order chi connectivity index (χ0) is 10.7. The van der Waals surface area contributed by atoms with E-state index in [1.54, 1.807) is 6.92 Å². The van der Waals surface area contributed by atoms with Gasteiger partial charge in [-0.15, -0.1) is 0 Å². The molecule has 2 atom stereocenters. The molecule has 1 aromatic carbocycles. The summed E-state index contributed by atoms with van der Waals surface area (Å²) in [6.07, 6.45) is -0.531. The van der Waals surface area contributed by atoms with Gasteiger partial charge in [0, 0.05) is 19.8 Å². The van der Waals surface area contributed by atoms with Gasteiger partial charge in [-0.05, 0) is 18.6 Å². The molecule has 0 fully saturated rings. The minimum Gasteiger partial charge on any atom is -0.391 e. The number of nitrogens with zero attached hydrogens (tertiary/aromatic N) is 1. The number of aliphatic hydroxyl groups is 1. The van der Waals surface area contributed by atoms with Crippen molar-refractivity contribution in [2.24, 2.45) is 5.73 Å². The van der Waals surface area contributed by atoms with Crippen molar-refractivity contribution in [3.63, 3.8) is 0 Å². The van der Waals surface area contributed by atoms with E-state index in [-0.39, 0.29) is 6.04 Å². The number of para-hydroxylation sites is 1. The van der Waals surface area contributed by atoms with Gasteiger partial charge in [0.25, 0.3) is 0 Å². The lowest BCUT2D eigenvalue weighted by molar-refractivity contribution is 0.164.